The Hall–Kier alpha value is -1.12. The number of benzene rings is 2. The van der Waals surface area contributed by atoms with E-state index in [0.717, 1.165) is 9.76 Å². The van der Waals surface area contributed by atoms with E-state index >= 15 is 0 Å². The number of hydrogen-bond acceptors (Lipinski definition) is 2. The molecule has 0 atom stereocenters. The van der Waals surface area contributed by atoms with Crippen molar-refractivity contribution in [3.8, 4) is 11.1 Å². The first-order valence-electron chi connectivity index (χ1n) is 6.34. The predicted octanol–water partition coefficient (Wildman–Crippen LogP) is 5.56. The first-order valence-corrected chi connectivity index (χ1v) is 7.57. The fourth-order valence-corrected chi connectivity index (χ4v) is 3.46. The van der Waals surface area contributed by atoms with Crippen LogP contribution in [0, 0.1) is 0 Å². The first kappa shape index (κ1) is 14.3. The molecule has 0 aliphatic carbocycles. The third-order valence-corrected chi connectivity index (χ3v) is 4.15. The Bertz CT molecular complexity index is 548. The van der Waals surface area contributed by atoms with E-state index in [1.165, 1.54) is 11.1 Å². The normalized spacial score (nSPS) is 11.3. The van der Waals surface area contributed by atoms with Gasteiger partial charge in [0.2, 0.25) is 0 Å². The minimum absolute atomic E-state index is 0.162. The second-order valence-corrected chi connectivity index (χ2v) is 7.95. The highest BCUT2D eigenvalue weighted by molar-refractivity contribution is 8.24. The van der Waals surface area contributed by atoms with Crippen molar-refractivity contribution >= 4 is 28.2 Å². The van der Waals surface area contributed by atoms with Crippen LogP contribution in [0.3, 0.4) is 0 Å². The summed E-state index contributed by atoms with van der Waals surface area (Å²) in [5, 5.41) is 0. The molecule has 0 aliphatic rings. The van der Waals surface area contributed by atoms with Crippen molar-refractivity contribution < 1.29 is 0 Å². The van der Waals surface area contributed by atoms with Crippen LogP contribution in [0.1, 0.15) is 26.3 Å². The Labute approximate surface area is 125 Å². The van der Waals surface area contributed by atoms with Crippen LogP contribution in [-0.4, -0.2) is 8.94 Å². The molecule has 0 heterocycles. The third kappa shape index (κ3) is 4.19. The molecule has 2 aromatic carbocycles. The molecular formula is C17H18S2. The van der Waals surface area contributed by atoms with Crippen LogP contribution < -0.4 is 0 Å². The molecule has 19 heavy (non-hydrogen) atoms. The van der Waals surface area contributed by atoms with Crippen LogP contribution in [0.5, 0.6) is 0 Å². The van der Waals surface area contributed by atoms with Gasteiger partial charge >= 0.3 is 0 Å². The predicted molar refractivity (Wildman–Crippen MR) is 90.9 cm³/mol. The van der Waals surface area contributed by atoms with Gasteiger partial charge in [0.1, 0.15) is 0 Å². The van der Waals surface area contributed by atoms with Gasteiger partial charge in [0.25, 0.3) is 0 Å². The van der Waals surface area contributed by atoms with Gasteiger partial charge in [-0.25, -0.2) is 0 Å². The molecule has 0 unspecified atom stereocenters. The minimum atomic E-state index is 0.162. The summed E-state index contributed by atoms with van der Waals surface area (Å²) in [6, 6.07) is 18.9. The fraction of sp³-hybridized carbons (Fsp3) is 0.235. The van der Waals surface area contributed by atoms with E-state index in [4.69, 9.17) is 12.2 Å². The standard InChI is InChI=1S/C17H18S2/c1-17(2,3)19-16(18)15-11-9-14(10-12-15)13-7-5-4-6-8-13/h4-12H,1-3H3. The molecule has 0 spiro atoms. The quantitative estimate of drug-likeness (QED) is 0.663. The highest BCUT2D eigenvalue weighted by atomic mass is 32.2. The van der Waals surface area contributed by atoms with Gasteiger partial charge in [-0.15, -0.1) is 11.8 Å². The summed E-state index contributed by atoms with van der Waals surface area (Å²) in [6.07, 6.45) is 0. The molecule has 2 rings (SSSR count). The summed E-state index contributed by atoms with van der Waals surface area (Å²) in [6.45, 7) is 6.55. The molecule has 0 bridgehead atoms. The van der Waals surface area contributed by atoms with Crippen molar-refractivity contribution in [2.75, 3.05) is 0 Å². The fourth-order valence-electron chi connectivity index (χ4n) is 1.77. The highest BCUT2D eigenvalue weighted by Gasteiger charge is 2.15. The molecule has 0 amide bonds. The van der Waals surface area contributed by atoms with Gasteiger partial charge in [0.15, 0.2) is 0 Å². The number of hydrogen-bond donors (Lipinski definition) is 0. The van der Waals surface area contributed by atoms with E-state index in [9.17, 15) is 0 Å². The van der Waals surface area contributed by atoms with Crippen molar-refractivity contribution in [1.29, 1.82) is 0 Å². The van der Waals surface area contributed by atoms with Crippen molar-refractivity contribution in [3.63, 3.8) is 0 Å². The third-order valence-electron chi connectivity index (χ3n) is 2.63. The van der Waals surface area contributed by atoms with Crippen LogP contribution >= 0.6 is 24.0 Å². The van der Waals surface area contributed by atoms with Crippen molar-refractivity contribution in [2.24, 2.45) is 0 Å². The Kier molecular flexibility index (Phi) is 4.43. The molecule has 0 radical (unpaired) electrons. The summed E-state index contributed by atoms with van der Waals surface area (Å²) in [4.78, 5) is 0. The molecule has 0 N–H and O–H groups in total. The largest absolute Gasteiger partial charge is 0.108 e. The summed E-state index contributed by atoms with van der Waals surface area (Å²) in [5.74, 6) is 0. The van der Waals surface area contributed by atoms with Crippen molar-refractivity contribution in [1.82, 2.24) is 0 Å². The Balaban J connectivity index is 2.17. The second-order valence-electron chi connectivity index (χ2n) is 5.45. The average molecular weight is 286 g/mol. The van der Waals surface area contributed by atoms with E-state index < -0.39 is 0 Å². The molecule has 0 nitrogen and oxygen atoms in total. The van der Waals surface area contributed by atoms with E-state index in [1.807, 2.05) is 6.07 Å². The lowest BCUT2D eigenvalue weighted by molar-refractivity contribution is 0.809. The van der Waals surface area contributed by atoms with Crippen molar-refractivity contribution in [2.45, 2.75) is 25.5 Å². The van der Waals surface area contributed by atoms with E-state index in [1.54, 1.807) is 11.8 Å². The summed E-state index contributed by atoms with van der Waals surface area (Å²) in [5.41, 5.74) is 3.60. The molecule has 98 valence electrons. The maximum Gasteiger partial charge on any atom is 0.0783 e. The zero-order valence-corrected chi connectivity index (χ0v) is 13.1. The molecule has 2 heteroatoms. The van der Waals surface area contributed by atoms with Crippen LogP contribution in [0.25, 0.3) is 11.1 Å². The van der Waals surface area contributed by atoms with Crippen LogP contribution in [0.4, 0.5) is 0 Å². The lowest BCUT2D eigenvalue weighted by Crippen LogP contribution is -2.11. The van der Waals surface area contributed by atoms with Crippen LogP contribution in [0.2, 0.25) is 0 Å². The summed E-state index contributed by atoms with van der Waals surface area (Å²) < 4.78 is 1.13. The van der Waals surface area contributed by atoms with Gasteiger partial charge in [0, 0.05) is 4.75 Å². The zero-order chi connectivity index (χ0) is 13.9. The van der Waals surface area contributed by atoms with Gasteiger partial charge in [-0.05, 0) is 16.7 Å². The Morgan fingerprint density at radius 2 is 1.37 bits per heavy atom. The average Bonchev–Trinajstić information content (AvgIpc) is 2.38. The van der Waals surface area contributed by atoms with Gasteiger partial charge in [-0.2, -0.15) is 0 Å². The van der Waals surface area contributed by atoms with E-state index in [2.05, 4.69) is 69.3 Å². The number of thioether (sulfide) groups is 1. The Morgan fingerprint density at radius 1 is 0.842 bits per heavy atom. The van der Waals surface area contributed by atoms with Crippen LogP contribution in [0.15, 0.2) is 54.6 Å². The molecule has 0 fully saturated rings. The maximum atomic E-state index is 5.49. The van der Waals surface area contributed by atoms with Crippen LogP contribution in [-0.2, 0) is 0 Å². The summed E-state index contributed by atoms with van der Waals surface area (Å²) in [7, 11) is 0. The zero-order valence-electron chi connectivity index (χ0n) is 11.5. The number of rotatable bonds is 2. The van der Waals surface area contributed by atoms with Crippen molar-refractivity contribution in [3.05, 3.63) is 60.2 Å². The molecule has 0 saturated carbocycles. The molecule has 0 aromatic heterocycles. The Morgan fingerprint density at radius 3 is 1.89 bits per heavy atom. The first-order chi connectivity index (χ1) is 8.96. The van der Waals surface area contributed by atoms with Gasteiger partial charge < -0.3 is 0 Å². The molecule has 0 aliphatic heterocycles. The van der Waals surface area contributed by atoms with E-state index in [0.29, 0.717) is 0 Å². The minimum Gasteiger partial charge on any atom is -0.108 e. The molecule has 0 saturated heterocycles. The number of thiocarbonyl (C=S) groups is 1. The lowest BCUT2D eigenvalue weighted by atomic mass is 10.0. The SMILES string of the molecule is CC(C)(C)SC(=S)c1ccc(-c2ccccc2)cc1. The maximum absolute atomic E-state index is 5.49. The monoisotopic (exact) mass is 286 g/mol. The van der Waals surface area contributed by atoms with Gasteiger partial charge in [-0.3, -0.25) is 0 Å². The van der Waals surface area contributed by atoms with Gasteiger partial charge in [-0.1, -0.05) is 87.6 Å². The topological polar surface area (TPSA) is 0 Å². The lowest BCUT2D eigenvalue weighted by Gasteiger charge is -2.18. The summed E-state index contributed by atoms with van der Waals surface area (Å²) >= 11 is 7.23. The van der Waals surface area contributed by atoms with E-state index in [-0.39, 0.29) is 4.75 Å². The smallest absolute Gasteiger partial charge is 0.0783 e. The molecular weight excluding hydrogens is 268 g/mol. The highest BCUT2D eigenvalue weighted by Crippen LogP contribution is 2.29. The van der Waals surface area contributed by atoms with Gasteiger partial charge in [0.05, 0.1) is 4.20 Å². The molecule has 2 aromatic rings. The second kappa shape index (κ2) is 5.89.